The maximum absolute atomic E-state index is 12.7. The molecule has 26 heavy (non-hydrogen) atoms. The molecule has 0 spiro atoms. The molecule has 2 heterocycles. The third-order valence-corrected chi connectivity index (χ3v) is 5.19. The zero-order valence-corrected chi connectivity index (χ0v) is 15.3. The van der Waals surface area contributed by atoms with E-state index in [4.69, 9.17) is 0 Å². The highest BCUT2D eigenvalue weighted by molar-refractivity contribution is 5.87. The van der Waals surface area contributed by atoms with Gasteiger partial charge >= 0.3 is 6.03 Å². The van der Waals surface area contributed by atoms with Gasteiger partial charge in [0.1, 0.15) is 6.04 Å². The number of carbonyl (C=O) groups excluding carboxylic acids is 2. The fourth-order valence-electron chi connectivity index (χ4n) is 3.70. The van der Waals surface area contributed by atoms with Crippen molar-refractivity contribution in [2.75, 3.05) is 26.2 Å². The van der Waals surface area contributed by atoms with Crippen LogP contribution in [0, 0.1) is 0 Å². The van der Waals surface area contributed by atoms with E-state index in [0.717, 1.165) is 32.4 Å². The molecule has 3 N–H and O–H groups in total. The van der Waals surface area contributed by atoms with Crippen molar-refractivity contribution in [2.24, 2.45) is 0 Å². The number of urea groups is 1. The first-order chi connectivity index (χ1) is 12.7. The smallest absolute Gasteiger partial charge is 0.318 e. The molecule has 1 aliphatic heterocycles. The molecule has 0 radical (unpaired) electrons. The van der Waals surface area contributed by atoms with E-state index in [0.29, 0.717) is 19.6 Å². The Morgan fingerprint density at radius 1 is 1.23 bits per heavy atom. The zero-order valence-electron chi connectivity index (χ0n) is 15.3. The van der Waals surface area contributed by atoms with Gasteiger partial charge in [-0.05, 0) is 19.3 Å². The quantitative estimate of drug-likeness (QED) is 0.650. The number of aryl methyl sites for hydroxylation is 1. The molecule has 2 fully saturated rings. The minimum Gasteiger partial charge on any atom is -0.354 e. The predicted molar refractivity (Wildman–Crippen MR) is 98.6 cm³/mol. The van der Waals surface area contributed by atoms with Gasteiger partial charge in [0.15, 0.2) is 0 Å². The summed E-state index contributed by atoms with van der Waals surface area (Å²) in [7, 11) is 0. The summed E-state index contributed by atoms with van der Waals surface area (Å²) in [6, 6.07) is -0.289. The number of imidazole rings is 1. The molecule has 1 saturated heterocycles. The Bertz CT molecular complexity index is 570. The molecule has 1 aliphatic carbocycles. The van der Waals surface area contributed by atoms with Crippen LogP contribution in [0.25, 0.3) is 0 Å². The summed E-state index contributed by atoms with van der Waals surface area (Å²) in [4.78, 5) is 30.9. The van der Waals surface area contributed by atoms with Crippen LogP contribution in [0.4, 0.5) is 4.79 Å². The Hall–Kier alpha value is -2.09. The van der Waals surface area contributed by atoms with Crippen LogP contribution in [0.2, 0.25) is 0 Å². The molecule has 2 aliphatic rings. The van der Waals surface area contributed by atoms with Crippen LogP contribution in [0.1, 0.15) is 38.5 Å². The molecule has 8 heteroatoms. The molecule has 1 atom stereocenters. The van der Waals surface area contributed by atoms with Gasteiger partial charge in [-0.15, -0.1) is 0 Å². The Morgan fingerprint density at radius 3 is 2.85 bits per heavy atom. The van der Waals surface area contributed by atoms with E-state index in [9.17, 15) is 9.59 Å². The van der Waals surface area contributed by atoms with E-state index in [1.54, 1.807) is 17.4 Å². The summed E-state index contributed by atoms with van der Waals surface area (Å²) >= 11 is 0. The van der Waals surface area contributed by atoms with Crippen LogP contribution >= 0.6 is 0 Å². The van der Waals surface area contributed by atoms with Gasteiger partial charge < -0.3 is 25.4 Å². The van der Waals surface area contributed by atoms with Crippen LogP contribution < -0.4 is 16.0 Å². The lowest BCUT2D eigenvalue weighted by atomic mass is 9.96. The van der Waals surface area contributed by atoms with E-state index in [-0.39, 0.29) is 18.0 Å². The summed E-state index contributed by atoms with van der Waals surface area (Å²) in [6.45, 7) is 3.19. The second-order valence-corrected chi connectivity index (χ2v) is 7.14. The largest absolute Gasteiger partial charge is 0.354 e. The molecular formula is C18H30N6O2. The van der Waals surface area contributed by atoms with Crippen molar-refractivity contribution in [3.8, 4) is 0 Å². The number of rotatable bonds is 6. The highest BCUT2D eigenvalue weighted by Gasteiger charge is 2.32. The van der Waals surface area contributed by atoms with Gasteiger partial charge in [0.05, 0.1) is 6.33 Å². The second kappa shape index (κ2) is 9.56. The highest BCUT2D eigenvalue weighted by Crippen LogP contribution is 2.18. The Morgan fingerprint density at radius 2 is 2.08 bits per heavy atom. The number of amides is 3. The van der Waals surface area contributed by atoms with Crippen LogP contribution in [-0.4, -0.2) is 64.7 Å². The fourth-order valence-corrected chi connectivity index (χ4v) is 3.70. The lowest BCUT2D eigenvalue weighted by Crippen LogP contribution is -2.62. The summed E-state index contributed by atoms with van der Waals surface area (Å²) in [5, 5.41) is 9.32. The normalized spacial score (nSPS) is 21.4. The standard InChI is InChI=1S/C18H30N6O2/c25-17(21-7-4-10-23-11-8-20-14-23)16-13-19-9-12-24(16)18(26)22-15-5-2-1-3-6-15/h8,11,14-16,19H,1-7,9-10,12-13H2,(H,21,25)(H,22,26). The van der Waals surface area contributed by atoms with Gasteiger partial charge in [-0.25, -0.2) is 9.78 Å². The van der Waals surface area contributed by atoms with Gasteiger partial charge in [0.25, 0.3) is 0 Å². The first kappa shape index (κ1) is 18.7. The average Bonchev–Trinajstić information content (AvgIpc) is 3.19. The topological polar surface area (TPSA) is 91.3 Å². The SMILES string of the molecule is O=C(NCCCn1ccnc1)C1CNCCN1C(=O)NC1CCCCC1. The first-order valence-electron chi connectivity index (χ1n) is 9.75. The number of carbonyl (C=O) groups is 2. The third-order valence-electron chi connectivity index (χ3n) is 5.19. The minimum atomic E-state index is -0.444. The molecule has 1 unspecified atom stereocenters. The minimum absolute atomic E-state index is 0.0818. The molecule has 1 saturated carbocycles. The van der Waals surface area contributed by atoms with Crippen molar-refractivity contribution >= 4 is 11.9 Å². The van der Waals surface area contributed by atoms with Crippen molar-refractivity contribution in [3.05, 3.63) is 18.7 Å². The van der Waals surface area contributed by atoms with Crippen molar-refractivity contribution in [1.29, 1.82) is 0 Å². The summed E-state index contributed by atoms with van der Waals surface area (Å²) in [5.41, 5.74) is 0. The van der Waals surface area contributed by atoms with Crippen LogP contribution in [0.5, 0.6) is 0 Å². The van der Waals surface area contributed by atoms with E-state index >= 15 is 0 Å². The van der Waals surface area contributed by atoms with Crippen LogP contribution in [-0.2, 0) is 11.3 Å². The molecule has 144 valence electrons. The number of nitrogens with one attached hydrogen (secondary N) is 3. The molecule has 3 rings (SSSR count). The second-order valence-electron chi connectivity index (χ2n) is 7.14. The van der Waals surface area contributed by atoms with E-state index < -0.39 is 6.04 Å². The molecule has 1 aromatic rings. The van der Waals surface area contributed by atoms with E-state index in [1.165, 1.54) is 19.3 Å². The first-order valence-corrected chi connectivity index (χ1v) is 9.75. The lowest BCUT2D eigenvalue weighted by molar-refractivity contribution is -0.126. The highest BCUT2D eigenvalue weighted by atomic mass is 16.2. The zero-order chi connectivity index (χ0) is 18.2. The fraction of sp³-hybridized carbons (Fsp3) is 0.722. The Labute approximate surface area is 154 Å². The van der Waals surface area contributed by atoms with E-state index in [2.05, 4.69) is 20.9 Å². The van der Waals surface area contributed by atoms with Gasteiger partial charge in [-0.1, -0.05) is 19.3 Å². The van der Waals surface area contributed by atoms with Crippen LogP contribution in [0.15, 0.2) is 18.7 Å². The summed E-state index contributed by atoms with van der Waals surface area (Å²) < 4.78 is 1.98. The number of nitrogens with zero attached hydrogens (tertiary/aromatic N) is 3. The molecule has 3 amide bonds. The van der Waals surface area contributed by atoms with Gasteiger partial charge in [-0.2, -0.15) is 0 Å². The molecule has 8 nitrogen and oxygen atoms in total. The van der Waals surface area contributed by atoms with Crippen LogP contribution in [0.3, 0.4) is 0 Å². The van der Waals surface area contributed by atoms with Gasteiger partial charge in [0.2, 0.25) is 5.91 Å². The van der Waals surface area contributed by atoms with Gasteiger partial charge in [-0.3, -0.25) is 4.79 Å². The van der Waals surface area contributed by atoms with E-state index in [1.807, 2.05) is 10.8 Å². The number of hydrogen-bond acceptors (Lipinski definition) is 4. The van der Waals surface area contributed by atoms with Crippen molar-refractivity contribution in [3.63, 3.8) is 0 Å². The maximum atomic E-state index is 12.7. The number of piperazine rings is 1. The average molecular weight is 362 g/mol. The molecule has 0 bridgehead atoms. The predicted octanol–water partition coefficient (Wildman–Crippen LogP) is 0.706. The molecular weight excluding hydrogens is 332 g/mol. The Kier molecular flexibility index (Phi) is 6.88. The number of aromatic nitrogens is 2. The third kappa shape index (κ3) is 5.20. The van der Waals surface area contributed by atoms with Crippen molar-refractivity contribution < 1.29 is 9.59 Å². The summed E-state index contributed by atoms with van der Waals surface area (Å²) in [5.74, 6) is -0.0818. The summed E-state index contributed by atoms with van der Waals surface area (Å²) in [6.07, 6.45) is 11.9. The monoisotopic (exact) mass is 362 g/mol. The molecule has 1 aromatic heterocycles. The molecule has 0 aromatic carbocycles. The number of hydrogen-bond donors (Lipinski definition) is 3. The van der Waals surface area contributed by atoms with Crippen molar-refractivity contribution in [2.45, 2.75) is 57.2 Å². The lowest BCUT2D eigenvalue weighted by Gasteiger charge is -2.36. The Balaban J connectivity index is 1.45. The van der Waals surface area contributed by atoms with Gasteiger partial charge in [0, 0.05) is 51.2 Å². The maximum Gasteiger partial charge on any atom is 0.318 e. The van der Waals surface area contributed by atoms with Crippen molar-refractivity contribution in [1.82, 2.24) is 30.4 Å².